The first-order valence-corrected chi connectivity index (χ1v) is 3.72. The van der Waals surface area contributed by atoms with Gasteiger partial charge in [0.1, 0.15) is 12.0 Å². The lowest BCUT2D eigenvalue weighted by atomic mass is 10.2. The van der Waals surface area contributed by atoms with E-state index in [1.54, 1.807) is 37.2 Å². The maximum Gasteiger partial charge on any atom is 0.135 e. The second-order valence-corrected chi connectivity index (χ2v) is 2.86. The summed E-state index contributed by atoms with van der Waals surface area (Å²) in [4.78, 5) is 1.54. The predicted octanol–water partition coefficient (Wildman–Crippen LogP) is 1.38. The highest BCUT2D eigenvalue weighted by Crippen LogP contribution is 2.17. The monoisotopic (exact) mass is 169 g/mol. The largest absolute Gasteiger partial charge is 0.374 e. The summed E-state index contributed by atoms with van der Waals surface area (Å²) in [6, 6.07) is 6.20. The number of hydrogen-bond donors (Lipinski definition) is 1. The van der Waals surface area contributed by atoms with E-state index in [-0.39, 0.29) is 5.82 Å². The van der Waals surface area contributed by atoms with Crippen LogP contribution in [0.5, 0.6) is 0 Å². The van der Waals surface area contributed by atoms with Gasteiger partial charge < -0.3 is 5.11 Å². The molecule has 1 N–H and O–H groups in total. The highest BCUT2D eigenvalue weighted by molar-refractivity contribution is 5.19. The molecule has 0 bridgehead atoms. The molecular formula is C9H12FNO. The molecule has 0 spiro atoms. The van der Waals surface area contributed by atoms with Gasteiger partial charge in [-0.25, -0.2) is 4.39 Å². The third-order valence-corrected chi connectivity index (χ3v) is 1.67. The number of rotatable bonds is 2. The Bertz CT molecular complexity index is 262. The van der Waals surface area contributed by atoms with Crippen LogP contribution < -0.4 is 0 Å². The Labute approximate surface area is 71.2 Å². The summed E-state index contributed by atoms with van der Waals surface area (Å²) in [6.07, 6.45) is -0.869. The first-order valence-electron chi connectivity index (χ1n) is 3.72. The van der Waals surface area contributed by atoms with E-state index in [9.17, 15) is 9.50 Å². The van der Waals surface area contributed by atoms with Crippen LogP contribution in [0.4, 0.5) is 4.39 Å². The lowest BCUT2D eigenvalue weighted by Gasteiger charge is -2.18. The van der Waals surface area contributed by atoms with E-state index in [0.29, 0.717) is 5.56 Å². The first kappa shape index (κ1) is 9.16. The molecule has 0 aliphatic carbocycles. The number of halogens is 1. The molecule has 0 amide bonds. The molecule has 2 nitrogen and oxygen atoms in total. The first-order chi connectivity index (χ1) is 5.63. The van der Waals surface area contributed by atoms with E-state index in [2.05, 4.69) is 0 Å². The molecule has 66 valence electrons. The molecule has 0 saturated heterocycles. The van der Waals surface area contributed by atoms with Crippen molar-refractivity contribution in [1.82, 2.24) is 4.90 Å². The fourth-order valence-electron chi connectivity index (χ4n) is 0.963. The Morgan fingerprint density at radius 1 is 1.33 bits per heavy atom. The van der Waals surface area contributed by atoms with E-state index >= 15 is 0 Å². The molecule has 0 saturated carbocycles. The Hall–Kier alpha value is -0.930. The van der Waals surface area contributed by atoms with Crippen molar-refractivity contribution in [1.29, 1.82) is 0 Å². The van der Waals surface area contributed by atoms with Crippen LogP contribution in [0.15, 0.2) is 24.3 Å². The summed E-state index contributed by atoms with van der Waals surface area (Å²) in [7, 11) is 3.38. The molecule has 0 radical (unpaired) electrons. The molecule has 0 aliphatic rings. The molecule has 1 atom stereocenters. The molecule has 1 unspecified atom stereocenters. The average Bonchev–Trinajstić information content (AvgIpc) is 2.04. The van der Waals surface area contributed by atoms with Crippen molar-refractivity contribution in [2.75, 3.05) is 14.1 Å². The van der Waals surface area contributed by atoms with Crippen LogP contribution in [-0.4, -0.2) is 24.1 Å². The molecule has 12 heavy (non-hydrogen) atoms. The van der Waals surface area contributed by atoms with Crippen LogP contribution >= 0.6 is 0 Å². The van der Waals surface area contributed by atoms with Crippen LogP contribution in [0.3, 0.4) is 0 Å². The van der Waals surface area contributed by atoms with Gasteiger partial charge in [-0.15, -0.1) is 0 Å². The van der Waals surface area contributed by atoms with E-state index in [1.165, 1.54) is 6.07 Å². The molecule has 0 aromatic heterocycles. The summed E-state index contributed by atoms with van der Waals surface area (Å²) >= 11 is 0. The molecule has 1 aromatic carbocycles. The van der Waals surface area contributed by atoms with Crippen molar-refractivity contribution in [3.05, 3.63) is 35.6 Å². The summed E-state index contributed by atoms with van der Waals surface area (Å²) in [5.41, 5.74) is 0.308. The number of hydrogen-bond acceptors (Lipinski definition) is 2. The Kier molecular flexibility index (Phi) is 2.78. The van der Waals surface area contributed by atoms with E-state index in [4.69, 9.17) is 0 Å². The van der Waals surface area contributed by atoms with Crippen molar-refractivity contribution in [2.45, 2.75) is 6.23 Å². The van der Waals surface area contributed by atoms with E-state index in [1.807, 2.05) is 0 Å². The second kappa shape index (κ2) is 3.65. The fourth-order valence-corrected chi connectivity index (χ4v) is 0.963. The highest BCUT2D eigenvalue weighted by Gasteiger charge is 2.12. The van der Waals surface area contributed by atoms with Crippen LogP contribution in [-0.2, 0) is 0 Å². The van der Waals surface area contributed by atoms with Gasteiger partial charge in [0.15, 0.2) is 0 Å². The number of nitrogens with zero attached hydrogens (tertiary/aromatic N) is 1. The number of aliphatic hydroxyl groups excluding tert-OH is 1. The summed E-state index contributed by atoms with van der Waals surface area (Å²) in [5, 5.41) is 9.46. The maximum atomic E-state index is 13.0. The van der Waals surface area contributed by atoms with Crippen molar-refractivity contribution in [2.24, 2.45) is 0 Å². The molecule has 0 fully saturated rings. The van der Waals surface area contributed by atoms with E-state index < -0.39 is 6.23 Å². The zero-order valence-corrected chi connectivity index (χ0v) is 7.16. The zero-order chi connectivity index (χ0) is 9.14. The standard InChI is InChI=1S/C9H12FNO/c1-11(2)9(12)7-5-3-4-6-8(7)10/h3-6,9,12H,1-2H3. The van der Waals surface area contributed by atoms with Gasteiger partial charge in [-0.2, -0.15) is 0 Å². The van der Waals surface area contributed by atoms with Crippen molar-refractivity contribution < 1.29 is 9.50 Å². The summed E-state index contributed by atoms with van der Waals surface area (Å²) in [6.45, 7) is 0. The van der Waals surface area contributed by atoms with Gasteiger partial charge in [-0.1, -0.05) is 18.2 Å². The Balaban J connectivity index is 2.94. The Morgan fingerprint density at radius 2 is 1.92 bits per heavy atom. The fraction of sp³-hybridized carbons (Fsp3) is 0.333. The average molecular weight is 169 g/mol. The predicted molar refractivity (Wildman–Crippen MR) is 45.0 cm³/mol. The quantitative estimate of drug-likeness (QED) is 0.676. The van der Waals surface area contributed by atoms with Crippen LogP contribution in [0, 0.1) is 5.82 Å². The van der Waals surface area contributed by atoms with Gasteiger partial charge in [0.25, 0.3) is 0 Å². The molecule has 1 rings (SSSR count). The number of aliphatic hydroxyl groups is 1. The molecule has 0 aliphatic heterocycles. The van der Waals surface area contributed by atoms with Gasteiger partial charge in [0.05, 0.1) is 0 Å². The molecule has 0 heterocycles. The van der Waals surface area contributed by atoms with Crippen molar-refractivity contribution in [3.63, 3.8) is 0 Å². The minimum atomic E-state index is -0.869. The normalized spacial score (nSPS) is 13.4. The molecular weight excluding hydrogens is 157 g/mol. The third-order valence-electron chi connectivity index (χ3n) is 1.67. The van der Waals surface area contributed by atoms with E-state index in [0.717, 1.165) is 0 Å². The van der Waals surface area contributed by atoms with Gasteiger partial charge in [0, 0.05) is 5.56 Å². The van der Waals surface area contributed by atoms with Gasteiger partial charge in [0.2, 0.25) is 0 Å². The highest BCUT2D eigenvalue weighted by atomic mass is 19.1. The van der Waals surface area contributed by atoms with Gasteiger partial charge >= 0.3 is 0 Å². The Morgan fingerprint density at radius 3 is 2.42 bits per heavy atom. The van der Waals surface area contributed by atoms with Crippen molar-refractivity contribution >= 4 is 0 Å². The number of benzene rings is 1. The molecule has 3 heteroatoms. The summed E-state index contributed by atoms with van der Waals surface area (Å²) in [5.74, 6) is -0.376. The van der Waals surface area contributed by atoms with Crippen molar-refractivity contribution in [3.8, 4) is 0 Å². The maximum absolute atomic E-state index is 13.0. The van der Waals surface area contributed by atoms with Crippen LogP contribution in [0.25, 0.3) is 0 Å². The SMILES string of the molecule is CN(C)C(O)c1ccccc1F. The third kappa shape index (κ3) is 1.81. The molecule has 1 aromatic rings. The van der Waals surface area contributed by atoms with Gasteiger partial charge in [-0.05, 0) is 20.2 Å². The summed E-state index contributed by atoms with van der Waals surface area (Å²) < 4.78 is 13.0. The van der Waals surface area contributed by atoms with Crippen LogP contribution in [0.2, 0.25) is 0 Å². The minimum absolute atomic E-state index is 0.308. The van der Waals surface area contributed by atoms with Gasteiger partial charge in [-0.3, -0.25) is 4.90 Å². The second-order valence-electron chi connectivity index (χ2n) is 2.86. The smallest absolute Gasteiger partial charge is 0.135 e. The van der Waals surface area contributed by atoms with Crippen LogP contribution in [0.1, 0.15) is 11.8 Å². The zero-order valence-electron chi connectivity index (χ0n) is 7.16. The lowest BCUT2D eigenvalue weighted by molar-refractivity contribution is 0.0365. The lowest BCUT2D eigenvalue weighted by Crippen LogP contribution is -2.20. The topological polar surface area (TPSA) is 23.5 Å². The minimum Gasteiger partial charge on any atom is -0.374 e.